The van der Waals surface area contributed by atoms with Crippen LogP contribution < -0.4 is 5.48 Å². The fourth-order valence-electron chi connectivity index (χ4n) is 1.59. The highest BCUT2D eigenvalue weighted by atomic mass is 16.5. The van der Waals surface area contributed by atoms with Crippen LogP contribution in [0.3, 0.4) is 0 Å². The molecule has 0 atom stereocenters. The second-order valence-corrected chi connectivity index (χ2v) is 3.23. The zero-order chi connectivity index (χ0) is 8.81. The van der Waals surface area contributed by atoms with Gasteiger partial charge >= 0.3 is 0 Å². The lowest BCUT2D eigenvalue weighted by Crippen LogP contribution is -2.15. The van der Waals surface area contributed by atoms with Crippen LogP contribution in [-0.4, -0.2) is 11.1 Å². The lowest BCUT2D eigenvalue weighted by atomic mass is 9.89. The summed E-state index contributed by atoms with van der Waals surface area (Å²) < 4.78 is 0. The number of amides is 1. The highest BCUT2D eigenvalue weighted by molar-refractivity contribution is 5.86. The molecule has 3 nitrogen and oxygen atoms in total. The number of allylic oxidation sites excluding steroid dienone is 1. The van der Waals surface area contributed by atoms with Crippen molar-refractivity contribution in [2.24, 2.45) is 5.92 Å². The molecule has 0 unspecified atom stereocenters. The maximum atomic E-state index is 10.6. The van der Waals surface area contributed by atoms with E-state index < -0.39 is 5.91 Å². The minimum absolute atomic E-state index is 0.430. The second-order valence-electron chi connectivity index (χ2n) is 3.23. The van der Waals surface area contributed by atoms with E-state index in [4.69, 9.17) is 5.21 Å². The third-order valence-corrected chi connectivity index (χ3v) is 2.28. The number of carbonyl (C=O) groups excluding carboxylic acids is 1. The van der Waals surface area contributed by atoms with Crippen molar-refractivity contribution in [3.63, 3.8) is 0 Å². The maximum Gasteiger partial charge on any atom is 0.267 e. The lowest BCUT2D eigenvalue weighted by Gasteiger charge is -2.17. The van der Waals surface area contributed by atoms with Gasteiger partial charge in [-0.1, -0.05) is 25.3 Å². The molecule has 1 fully saturated rings. The average molecular weight is 169 g/mol. The van der Waals surface area contributed by atoms with Crippen LogP contribution >= 0.6 is 0 Å². The van der Waals surface area contributed by atoms with Gasteiger partial charge in [0.1, 0.15) is 0 Å². The number of hydroxylamine groups is 1. The molecule has 0 radical (unpaired) electrons. The largest absolute Gasteiger partial charge is 0.288 e. The van der Waals surface area contributed by atoms with Crippen molar-refractivity contribution in [2.45, 2.75) is 32.1 Å². The zero-order valence-corrected chi connectivity index (χ0v) is 7.12. The number of hydrogen-bond donors (Lipinski definition) is 2. The molecule has 68 valence electrons. The molecule has 0 aromatic heterocycles. The number of nitrogens with one attached hydrogen (secondary N) is 1. The van der Waals surface area contributed by atoms with E-state index in [9.17, 15) is 4.79 Å². The van der Waals surface area contributed by atoms with Crippen LogP contribution in [-0.2, 0) is 4.79 Å². The molecule has 1 aliphatic carbocycles. The quantitative estimate of drug-likeness (QED) is 0.375. The van der Waals surface area contributed by atoms with Crippen LogP contribution in [0, 0.1) is 5.92 Å². The molecule has 0 aliphatic heterocycles. The van der Waals surface area contributed by atoms with Gasteiger partial charge in [0.15, 0.2) is 0 Å². The SMILES string of the molecule is O=C(/C=C/C1CCCCC1)NO. The van der Waals surface area contributed by atoms with Crippen molar-refractivity contribution in [2.75, 3.05) is 0 Å². The fraction of sp³-hybridized carbons (Fsp3) is 0.667. The molecule has 0 heterocycles. The molecular weight excluding hydrogens is 154 g/mol. The molecule has 1 amide bonds. The van der Waals surface area contributed by atoms with Crippen LogP contribution in [0.25, 0.3) is 0 Å². The van der Waals surface area contributed by atoms with Crippen molar-refractivity contribution in [3.8, 4) is 0 Å². The van der Waals surface area contributed by atoms with Gasteiger partial charge < -0.3 is 0 Å². The summed E-state index contributed by atoms with van der Waals surface area (Å²) in [6.07, 6.45) is 9.49. The van der Waals surface area contributed by atoms with Crippen LogP contribution in [0.2, 0.25) is 0 Å². The molecule has 0 aromatic carbocycles. The summed E-state index contributed by atoms with van der Waals surface area (Å²) in [5, 5.41) is 8.21. The Morgan fingerprint density at radius 1 is 1.33 bits per heavy atom. The smallest absolute Gasteiger partial charge is 0.267 e. The van der Waals surface area contributed by atoms with E-state index in [-0.39, 0.29) is 0 Å². The summed E-state index contributed by atoms with van der Waals surface area (Å²) in [5.74, 6) is 0.108. The van der Waals surface area contributed by atoms with E-state index in [0.717, 1.165) is 0 Å². The van der Waals surface area contributed by atoms with Gasteiger partial charge in [0.05, 0.1) is 0 Å². The van der Waals surface area contributed by atoms with Gasteiger partial charge in [-0.05, 0) is 18.8 Å². The second kappa shape index (κ2) is 4.93. The normalized spacial score (nSPS) is 19.8. The van der Waals surface area contributed by atoms with Gasteiger partial charge in [-0.15, -0.1) is 0 Å². The molecule has 1 rings (SSSR count). The highest BCUT2D eigenvalue weighted by Crippen LogP contribution is 2.24. The van der Waals surface area contributed by atoms with Crippen molar-refractivity contribution in [3.05, 3.63) is 12.2 Å². The van der Waals surface area contributed by atoms with E-state index in [1.54, 1.807) is 5.48 Å². The standard InChI is InChI=1S/C9H15NO2/c11-9(10-12)7-6-8-4-2-1-3-5-8/h6-8,12H,1-5H2,(H,10,11)/b7-6+. The van der Waals surface area contributed by atoms with Crippen molar-refractivity contribution in [1.82, 2.24) is 5.48 Å². The summed E-state index contributed by atoms with van der Waals surface area (Å²) in [4.78, 5) is 10.6. The molecular formula is C9H15NO2. The Balaban J connectivity index is 2.28. The number of rotatable bonds is 2. The van der Waals surface area contributed by atoms with Gasteiger partial charge in [0, 0.05) is 6.08 Å². The summed E-state index contributed by atoms with van der Waals surface area (Å²) >= 11 is 0. The molecule has 1 aliphatic rings. The van der Waals surface area contributed by atoms with E-state index >= 15 is 0 Å². The minimum atomic E-state index is -0.430. The predicted molar refractivity (Wildman–Crippen MR) is 45.6 cm³/mol. The third kappa shape index (κ3) is 3.05. The molecule has 0 saturated heterocycles. The summed E-state index contributed by atoms with van der Waals surface area (Å²) in [7, 11) is 0. The van der Waals surface area contributed by atoms with Crippen molar-refractivity contribution >= 4 is 5.91 Å². The molecule has 3 heteroatoms. The van der Waals surface area contributed by atoms with Crippen LogP contribution in [0.1, 0.15) is 32.1 Å². The van der Waals surface area contributed by atoms with Gasteiger partial charge in [-0.3, -0.25) is 10.0 Å². The Kier molecular flexibility index (Phi) is 3.80. The fourth-order valence-corrected chi connectivity index (χ4v) is 1.59. The van der Waals surface area contributed by atoms with Gasteiger partial charge in [-0.25, -0.2) is 5.48 Å². The van der Waals surface area contributed by atoms with Gasteiger partial charge in [0.2, 0.25) is 0 Å². The van der Waals surface area contributed by atoms with Crippen molar-refractivity contribution < 1.29 is 10.0 Å². The van der Waals surface area contributed by atoms with Crippen LogP contribution in [0.5, 0.6) is 0 Å². The lowest BCUT2D eigenvalue weighted by molar-refractivity contribution is -0.124. The Hall–Kier alpha value is -0.830. The molecule has 0 bridgehead atoms. The first-order valence-electron chi connectivity index (χ1n) is 4.45. The molecule has 1 saturated carbocycles. The number of hydrogen-bond acceptors (Lipinski definition) is 2. The summed E-state index contributed by atoms with van der Waals surface area (Å²) in [5.41, 5.74) is 1.58. The highest BCUT2D eigenvalue weighted by Gasteiger charge is 2.09. The molecule has 12 heavy (non-hydrogen) atoms. The Bertz CT molecular complexity index is 171. The van der Waals surface area contributed by atoms with E-state index in [1.165, 1.54) is 38.2 Å². The van der Waals surface area contributed by atoms with E-state index in [1.807, 2.05) is 6.08 Å². The maximum absolute atomic E-state index is 10.6. The predicted octanol–water partition coefficient (Wildman–Crippen LogP) is 1.63. The van der Waals surface area contributed by atoms with Crippen molar-refractivity contribution in [1.29, 1.82) is 0 Å². The summed E-state index contributed by atoms with van der Waals surface area (Å²) in [6, 6.07) is 0. The first-order chi connectivity index (χ1) is 5.83. The van der Waals surface area contributed by atoms with E-state index in [0.29, 0.717) is 5.92 Å². The molecule has 0 spiro atoms. The first kappa shape index (κ1) is 9.26. The topological polar surface area (TPSA) is 49.3 Å². The molecule has 2 N–H and O–H groups in total. The van der Waals surface area contributed by atoms with Gasteiger partial charge in [-0.2, -0.15) is 0 Å². The Morgan fingerprint density at radius 2 is 2.00 bits per heavy atom. The minimum Gasteiger partial charge on any atom is -0.288 e. The first-order valence-corrected chi connectivity index (χ1v) is 4.45. The monoisotopic (exact) mass is 169 g/mol. The molecule has 0 aromatic rings. The average Bonchev–Trinajstić information content (AvgIpc) is 2.16. The van der Waals surface area contributed by atoms with Crippen LogP contribution in [0.4, 0.5) is 0 Å². The Morgan fingerprint density at radius 3 is 2.58 bits per heavy atom. The van der Waals surface area contributed by atoms with E-state index in [2.05, 4.69) is 0 Å². The third-order valence-electron chi connectivity index (χ3n) is 2.28. The van der Waals surface area contributed by atoms with Gasteiger partial charge in [0.25, 0.3) is 5.91 Å². The Labute approximate surface area is 72.4 Å². The summed E-state index contributed by atoms with van der Waals surface area (Å²) in [6.45, 7) is 0. The zero-order valence-electron chi connectivity index (χ0n) is 7.12. The number of carbonyl (C=O) groups is 1. The van der Waals surface area contributed by atoms with Crippen LogP contribution in [0.15, 0.2) is 12.2 Å².